The molecular formula is C19H12O3. The van der Waals surface area contributed by atoms with E-state index in [0.717, 1.165) is 21.5 Å². The summed E-state index contributed by atoms with van der Waals surface area (Å²) in [7, 11) is 1.57. The van der Waals surface area contributed by atoms with Gasteiger partial charge in [-0.15, -0.1) is 0 Å². The minimum Gasteiger partial charge on any atom is -0.496 e. The Bertz CT molecular complexity index is 996. The first kappa shape index (κ1) is 12.8. The van der Waals surface area contributed by atoms with Crippen LogP contribution in [0.25, 0.3) is 21.5 Å². The average Bonchev–Trinajstić information content (AvgIpc) is 2.56. The van der Waals surface area contributed by atoms with E-state index in [9.17, 15) is 9.59 Å². The van der Waals surface area contributed by atoms with Crippen molar-refractivity contribution < 1.29 is 14.3 Å². The van der Waals surface area contributed by atoms with Crippen LogP contribution in [0.4, 0.5) is 0 Å². The number of ketones is 2. The summed E-state index contributed by atoms with van der Waals surface area (Å²) >= 11 is 0. The van der Waals surface area contributed by atoms with Crippen LogP contribution in [0.5, 0.6) is 5.75 Å². The summed E-state index contributed by atoms with van der Waals surface area (Å²) in [5, 5.41) is 3.61. The molecule has 0 saturated heterocycles. The van der Waals surface area contributed by atoms with E-state index < -0.39 is 0 Å². The molecule has 3 heteroatoms. The molecule has 0 radical (unpaired) electrons. The summed E-state index contributed by atoms with van der Waals surface area (Å²) in [5.41, 5.74) is 0.883. The van der Waals surface area contributed by atoms with Gasteiger partial charge in [0.2, 0.25) is 0 Å². The molecule has 0 atom stereocenters. The second-order valence-electron chi connectivity index (χ2n) is 5.27. The van der Waals surface area contributed by atoms with E-state index >= 15 is 0 Å². The predicted octanol–water partition coefficient (Wildman–Crippen LogP) is 3.94. The number of fused-ring (bicyclic) bond motifs is 5. The summed E-state index contributed by atoms with van der Waals surface area (Å²) in [6.07, 6.45) is 2.67. The molecule has 1 aliphatic rings. The molecule has 3 aromatic rings. The Morgan fingerprint density at radius 1 is 0.864 bits per heavy atom. The maximum Gasteiger partial charge on any atom is 0.187 e. The third-order valence-electron chi connectivity index (χ3n) is 4.11. The van der Waals surface area contributed by atoms with Gasteiger partial charge >= 0.3 is 0 Å². The minimum absolute atomic E-state index is 0.140. The van der Waals surface area contributed by atoms with Gasteiger partial charge in [0, 0.05) is 21.9 Å². The van der Waals surface area contributed by atoms with Gasteiger partial charge in [-0.1, -0.05) is 30.3 Å². The number of carbonyl (C=O) groups excluding carboxylic acids is 2. The molecule has 0 unspecified atom stereocenters. The van der Waals surface area contributed by atoms with E-state index in [0.29, 0.717) is 16.9 Å². The first-order valence-corrected chi connectivity index (χ1v) is 7.00. The molecule has 0 N–H and O–H groups in total. The van der Waals surface area contributed by atoms with Crippen LogP contribution in [0.3, 0.4) is 0 Å². The molecule has 0 spiro atoms. The number of ether oxygens (including phenoxy) is 1. The lowest BCUT2D eigenvalue weighted by molar-refractivity contribution is 0.0995. The Hall–Kier alpha value is -2.94. The molecule has 0 heterocycles. The van der Waals surface area contributed by atoms with Crippen LogP contribution in [0.2, 0.25) is 0 Å². The average molecular weight is 288 g/mol. The van der Waals surface area contributed by atoms with E-state index in [-0.39, 0.29) is 11.6 Å². The van der Waals surface area contributed by atoms with Gasteiger partial charge in [-0.25, -0.2) is 0 Å². The number of methoxy groups -OCH3 is 1. The van der Waals surface area contributed by atoms with Crippen LogP contribution < -0.4 is 4.74 Å². The van der Waals surface area contributed by atoms with Gasteiger partial charge in [0.05, 0.1) is 7.11 Å². The molecule has 22 heavy (non-hydrogen) atoms. The highest BCUT2D eigenvalue weighted by Gasteiger charge is 2.25. The largest absolute Gasteiger partial charge is 0.496 e. The highest BCUT2D eigenvalue weighted by atomic mass is 16.5. The Kier molecular flexibility index (Phi) is 2.63. The molecule has 0 fully saturated rings. The van der Waals surface area contributed by atoms with Crippen molar-refractivity contribution in [2.45, 2.75) is 0 Å². The van der Waals surface area contributed by atoms with Crippen molar-refractivity contribution in [3.05, 3.63) is 65.7 Å². The van der Waals surface area contributed by atoms with E-state index in [1.165, 1.54) is 12.2 Å². The smallest absolute Gasteiger partial charge is 0.187 e. The zero-order chi connectivity index (χ0) is 15.3. The van der Waals surface area contributed by atoms with Crippen molar-refractivity contribution in [3.8, 4) is 5.75 Å². The Labute approximate surface area is 126 Å². The molecule has 0 aromatic heterocycles. The lowest BCUT2D eigenvalue weighted by Crippen LogP contribution is -2.12. The van der Waals surface area contributed by atoms with Crippen LogP contribution in [-0.4, -0.2) is 18.7 Å². The van der Waals surface area contributed by atoms with Crippen molar-refractivity contribution in [2.75, 3.05) is 7.11 Å². The van der Waals surface area contributed by atoms with Crippen molar-refractivity contribution in [3.63, 3.8) is 0 Å². The summed E-state index contributed by atoms with van der Waals surface area (Å²) in [6.45, 7) is 0. The maximum atomic E-state index is 12.4. The van der Waals surface area contributed by atoms with Crippen molar-refractivity contribution in [2.24, 2.45) is 0 Å². The molecule has 1 aliphatic carbocycles. The predicted molar refractivity (Wildman–Crippen MR) is 85.8 cm³/mol. The van der Waals surface area contributed by atoms with E-state index in [4.69, 9.17) is 4.74 Å². The second kappa shape index (κ2) is 4.53. The van der Waals surface area contributed by atoms with Gasteiger partial charge in [-0.05, 0) is 35.1 Å². The molecule has 3 aromatic carbocycles. The van der Waals surface area contributed by atoms with Crippen LogP contribution >= 0.6 is 0 Å². The van der Waals surface area contributed by atoms with Gasteiger partial charge < -0.3 is 4.74 Å². The number of hydrogen-bond acceptors (Lipinski definition) is 3. The number of hydrogen-bond donors (Lipinski definition) is 0. The summed E-state index contributed by atoms with van der Waals surface area (Å²) in [6, 6.07) is 13.4. The lowest BCUT2D eigenvalue weighted by Gasteiger charge is -2.17. The molecule has 0 amide bonds. The minimum atomic E-state index is -0.164. The molecule has 4 rings (SSSR count). The third-order valence-corrected chi connectivity index (χ3v) is 4.11. The van der Waals surface area contributed by atoms with Crippen molar-refractivity contribution >= 4 is 33.1 Å². The number of allylic oxidation sites excluding steroid dienone is 2. The van der Waals surface area contributed by atoms with Gasteiger partial charge in [-0.2, -0.15) is 0 Å². The van der Waals surface area contributed by atoms with Crippen LogP contribution in [0.1, 0.15) is 20.7 Å². The van der Waals surface area contributed by atoms with Crippen LogP contribution in [0, 0.1) is 0 Å². The summed E-state index contributed by atoms with van der Waals surface area (Å²) in [5.74, 6) is 0.303. The molecule has 0 bridgehead atoms. The van der Waals surface area contributed by atoms with Gasteiger partial charge in [0.1, 0.15) is 5.75 Å². The lowest BCUT2D eigenvalue weighted by atomic mass is 9.87. The topological polar surface area (TPSA) is 43.4 Å². The first-order chi connectivity index (χ1) is 10.7. The standard InChI is InChI=1S/C19H12O3/c1-22-17-10-14-15(20)8-9-16(21)19(14)18-12-5-3-2-4-11(12)6-7-13(17)18/h2-10H,1H3. The number of benzene rings is 3. The van der Waals surface area contributed by atoms with E-state index in [1.54, 1.807) is 13.2 Å². The highest BCUT2D eigenvalue weighted by Crippen LogP contribution is 2.38. The third kappa shape index (κ3) is 1.62. The molecular weight excluding hydrogens is 276 g/mol. The van der Waals surface area contributed by atoms with Gasteiger partial charge in [-0.3, -0.25) is 9.59 Å². The van der Waals surface area contributed by atoms with E-state index in [2.05, 4.69) is 0 Å². The van der Waals surface area contributed by atoms with Crippen LogP contribution in [-0.2, 0) is 0 Å². The van der Waals surface area contributed by atoms with E-state index in [1.807, 2.05) is 36.4 Å². The normalized spacial score (nSPS) is 13.7. The Balaban J connectivity index is 2.31. The first-order valence-electron chi connectivity index (χ1n) is 7.00. The van der Waals surface area contributed by atoms with Gasteiger partial charge in [0.15, 0.2) is 11.6 Å². The van der Waals surface area contributed by atoms with Gasteiger partial charge in [0.25, 0.3) is 0 Å². The Morgan fingerprint density at radius 2 is 1.64 bits per heavy atom. The summed E-state index contributed by atoms with van der Waals surface area (Å²) < 4.78 is 5.44. The monoisotopic (exact) mass is 288 g/mol. The fraction of sp³-hybridized carbons (Fsp3) is 0.0526. The zero-order valence-electron chi connectivity index (χ0n) is 11.9. The van der Waals surface area contributed by atoms with Crippen molar-refractivity contribution in [1.82, 2.24) is 0 Å². The number of carbonyl (C=O) groups is 2. The molecule has 0 aliphatic heterocycles. The number of rotatable bonds is 1. The van der Waals surface area contributed by atoms with Crippen LogP contribution in [0.15, 0.2) is 54.6 Å². The molecule has 0 saturated carbocycles. The second-order valence-corrected chi connectivity index (χ2v) is 5.27. The quantitative estimate of drug-likeness (QED) is 0.637. The maximum absolute atomic E-state index is 12.4. The molecule has 3 nitrogen and oxygen atoms in total. The SMILES string of the molecule is COc1cc2c(c3c1ccc1ccccc13)C(=O)C=CC2=O. The summed E-state index contributed by atoms with van der Waals surface area (Å²) in [4.78, 5) is 24.6. The Morgan fingerprint density at radius 3 is 2.45 bits per heavy atom. The zero-order valence-corrected chi connectivity index (χ0v) is 11.9. The molecule has 106 valence electrons. The highest BCUT2D eigenvalue weighted by molar-refractivity contribution is 6.30. The van der Waals surface area contributed by atoms with Crippen molar-refractivity contribution in [1.29, 1.82) is 0 Å². The fourth-order valence-corrected chi connectivity index (χ4v) is 3.11. The fourth-order valence-electron chi connectivity index (χ4n) is 3.11.